The molecule has 2 aromatic carbocycles. The predicted octanol–water partition coefficient (Wildman–Crippen LogP) is 4.77. The van der Waals surface area contributed by atoms with E-state index in [1.54, 1.807) is 22.8 Å². The molecule has 2 heterocycles. The van der Waals surface area contributed by atoms with E-state index in [9.17, 15) is 13.6 Å². The van der Waals surface area contributed by atoms with Crippen molar-refractivity contribution < 1.29 is 18.3 Å². The first-order chi connectivity index (χ1) is 14.8. The summed E-state index contributed by atoms with van der Waals surface area (Å²) in [7, 11) is 1.89. The Balaban J connectivity index is 1.51. The summed E-state index contributed by atoms with van der Waals surface area (Å²) in [6.07, 6.45) is 0.842. The number of fused-ring (bicyclic) bond motifs is 1. The quantitative estimate of drug-likeness (QED) is 0.563. The highest BCUT2D eigenvalue weighted by Crippen LogP contribution is 2.30. The van der Waals surface area contributed by atoms with Crippen molar-refractivity contribution in [2.24, 2.45) is 0 Å². The smallest absolute Gasteiger partial charge is 0.352 e. The van der Waals surface area contributed by atoms with Crippen molar-refractivity contribution in [1.29, 1.82) is 0 Å². The Bertz CT molecular complexity index is 1140. The van der Waals surface area contributed by atoms with Gasteiger partial charge in [-0.25, -0.2) is 13.6 Å². The van der Waals surface area contributed by atoms with Crippen LogP contribution in [0.2, 0.25) is 5.02 Å². The molecule has 31 heavy (non-hydrogen) atoms. The highest BCUT2D eigenvalue weighted by atomic mass is 35.5. The monoisotopic (exact) mass is 447 g/mol. The molecule has 0 saturated heterocycles. The van der Waals surface area contributed by atoms with E-state index in [0.29, 0.717) is 17.4 Å². The lowest BCUT2D eigenvalue weighted by molar-refractivity contribution is 0.287. The third-order valence-corrected chi connectivity index (χ3v) is 5.49. The summed E-state index contributed by atoms with van der Waals surface area (Å²) in [6.45, 7) is 2.48. The van der Waals surface area contributed by atoms with Gasteiger partial charge in [0.1, 0.15) is 18.2 Å². The Morgan fingerprint density at radius 3 is 2.52 bits per heavy atom. The second-order valence-corrected chi connectivity index (χ2v) is 7.81. The Morgan fingerprint density at radius 2 is 1.84 bits per heavy atom. The zero-order valence-electron chi connectivity index (χ0n) is 16.9. The SMILES string of the molecule is C[C@H]1CCn2c(cc(OCc3cc(F)c(Oc4ccc(Cl)cc4)c(F)c3)nc2=O)N1C. The summed E-state index contributed by atoms with van der Waals surface area (Å²) in [5.41, 5.74) is -0.185. The Kier molecular flexibility index (Phi) is 5.82. The number of benzene rings is 2. The van der Waals surface area contributed by atoms with E-state index in [-0.39, 0.29) is 29.8 Å². The van der Waals surface area contributed by atoms with Crippen molar-refractivity contribution in [1.82, 2.24) is 9.55 Å². The fraction of sp³-hybridized carbons (Fsp3) is 0.273. The number of rotatable bonds is 5. The lowest BCUT2D eigenvalue weighted by Crippen LogP contribution is -2.41. The van der Waals surface area contributed by atoms with E-state index in [4.69, 9.17) is 21.1 Å². The molecule has 1 aromatic heterocycles. The normalized spacial score (nSPS) is 15.5. The van der Waals surface area contributed by atoms with Gasteiger partial charge >= 0.3 is 5.69 Å². The largest absolute Gasteiger partial charge is 0.473 e. The van der Waals surface area contributed by atoms with Crippen molar-refractivity contribution in [2.75, 3.05) is 11.9 Å². The van der Waals surface area contributed by atoms with Crippen molar-refractivity contribution in [3.05, 3.63) is 75.2 Å². The molecule has 0 unspecified atom stereocenters. The molecule has 1 aliphatic heterocycles. The van der Waals surface area contributed by atoms with E-state index in [0.717, 1.165) is 18.6 Å². The zero-order chi connectivity index (χ0) is 22.1. The fourth-order valence-corrected chi connectivity index (χ4v) is 3.48. The molecule has 6 nitrogen and oxygen atoms in total. The van der Waals surface area contributed by atoms with Gasteiger partial charge in [-0.2, -0.15) is 4.98 Å². The van der Waals surface area contributed by atoms with Crippen LogP contribution < -0.4 is 20.1 Å². The van der Waals surface area contributed by atoms with Crippen LogP contribution in [0.4, 0.5) is 14.6 Å². The van der Waals surface area contributed by atoms with Crippen LogP contribution in [0.15, 0.2) is 47.3 Å². The summed E-state index contributed by atoms with van der Waals surface area (Å²) in [5, 5.41) is 0.483. The van der Waals surface area contributed by atoms with Gasteiger partial charge in [0.05, 0.1) is 0 Å². The van der Waals surface area contributed by atoms with Gasteiger partial charge in [-0.05, 0) is 55.3 Å². The van der Waals surface area contributed by atoms with Crippen molar-refractivity contribution in [3.63, 3.8) is 0 Å². The number of aromatic nitrogens is 2. The van der Waals surface area contributed by atoms with Gasteiger partial charge in [0, 0.05) is 30.7 Å². The van der Waals surface area contributed by atoms with Crippen LogP contribution >= 0.6 is 11.6 Å². The third-order valence-electron chi connectivity index (χ3n) is 5.24. The van der Waals surface area contributed by atoms with Crippen molar-refractivity contribution in [3.8, 4) is 17.4 Å². The topological polar surface area (TPSA) is 56.6 Å². The molecule has 0 fully saturated rings. The van der Waals surface area contributed by atoms with Gasteiger partial charge in [0.25, 0.3) is 0 Å². The summed E-state index contributed by atoms with van der Waals surface area (Å²) in [4.78, 5) is 18.2. The van der Waals surface area contributed by atoms with E-state index in [2.05, 4.69) is 11.9 Å². The lowest BCUT2D eigenvalue weighted by atomic mass is 10.1. The van der Waals surface area contributed by atoms with Gasteiger partial charge in [-0.3, -0.25) is 4.57 Å². The van der Waals surface area contributed by atoms with Crippen LogP contribution in [0, 0.1) is 11.6 Å². The minimum atomic E-state index is -0.874. The summed E-state index contributed by atoms with van der Waals surface area (Å²) in [6, 6.07) is 10.3. The number of anilines is 1. The van der Waals surface area contributed by atoms with Gasteiger partial charge in [-0.15, -0.1) is 0 Å². The molecule has 0 amide bonds. The van der Waals surface area contributed by atoms with E-state index in [1.165, 1.54) is 12.1 Å². The fourth-order valence-electron chi connectivity index (χ4n) is 3.36. The lowest BCUT2D eigenvalue weighted by Gasteiger charge is -2.34. The molecule has 0 aliphatic carbocycles. The average Bonchev–Trinajstić information content (AvgIpc) is 2.73. The van der Waals surface area contributed by atoms with E-state index in [1.807, 2.05) is 11.9 Å². The van der Waals surface area contributed by atoms with Crippen LogP contribution in [0.3, 0.4) is 0 Å². The number of nitrogens with zero attached hydrogens (tertiary/aromatic N) is 3. The highest BCUT2D eigenvalue weighted by Gasteiger charge is 2.22. The van der Waals surface area contributed by atoms with Gasteiger partial charge in [0.2, 0.25) is 5.88 Å². The number of hydrogen-bond donors (Lipinski definition) is 0. The maximum atomic E-state index is 14.5. The molecular formula is C22H20ClF2N3O3. The molecule has 4 rings (SSSR count). The maximum absolute atomic E-state index is 14.5. The molecule has 0 radical (unpaired) electrons. The maximum Gasteiger partial charge on any atom is 0.352 e. The molecule has 0 bridgehead atoms. The Labute approximate surface area is 182 Å². The molecule has 0 saturated carbocycles. The third kappa shape index (κ3) is 4.49. The van der Waals surface area contributed by atoms with Gasteiger partial charge in [-0.1, -0.05) is 11.6 Å². The predicted molar refractivity (Wildman–Crippen MR) is 113 cm³/mol. The Morgan fingerprint density at radius 1 is 1.16 bits per heavy atom. The first-order valence-corrected chi connectivity index (χ1v) is 10.1. The second kappa shape index (κ2) is 8.55. The molecule has 1 aliphatic rings. The standard InChI is InChI=1S/C22H20ClF2N3O3/c1-13-7-8-28-20(27(13)2)11-19(26-22(28)29)30-12-14-9-17(24)21(18(25)10-14)31-16-5-3-15(23)4-6-16/h3-6,9-11,13H,7-8,12H2,1-2H3/t13-/m0/s1. The molecule has 3 aromatic rings. The second-order valence-electron chi connectivity index (χ2n) is 7.37. The number of ether oxygens (including phenoxy) is 2. The van der Waals surface area contributed by atoms with Crippen LogP contribution in [-0.4, -0.2) is 22.6 Å². The Hall–Kier alpha value is -3.13. The van der Waals surface area contributed by atoms with Crippen LogP contribution in [-0.2, 0) is 13.2 Å². The van der Waals surface area contributed by atoms with Crippen LogP contribution in [0.25, 0.3) is 0 Å². The molecular weight excluding hydrogens is 428 g/mol. The summed E-state index contributed by atoms with van der Waals surface area (Å²) >= 11 is 5.80. The van der Waals surface area contributed by atoms with Crippen LogP contribution in [0.5, 0.6) is 17.4 Å². The molecule has 0 spiro atoms. The summed E-state index contributed by atoms with van der Waals surface area (Å²) < 4.78 is 41.4. The first kappa shape index (κ1) is 21.1. The van der Waals surface area contributed by atoms with E-state index >= 15 is 0 Å². The summed E-state index contributed by atoms with van der Waals surface area (Å²) in [5.74, 6) is -1.23. The molecule has 1 atom stereocenters. The van der Waals surface area contributed by atoms with Gasteiger partial charge < -0.3 is 14.4 Å². The minimum Gasteiger partial charge on any atom is -0.473 e. The number of hydrogen-bond acceptors (Lipinski definition) is 5. The zero-order valence-corrected chi connectivity index (χ0v) is 17.7. The molecule has 162 valence electrons. The van der Waals surface area contributed by atoms with Crippen molar-refractivity contribution >= 4 is 17.4 Å². The van der Waals surface area contributed by atoms with Crippen LogP contribution in [0.1, 0.15) is 18.9 Å². The molecule has 0 N–H and O–H groups in total. The minimum absolute atomic E-state index is 0.0968. The first-order valence-electron chi connectivity index (χ1n) is 9.70. The average molecular weight is 448 g/mol. The highest BCUT2D eigenvalue weighted by molar-refractivity contribution is 6.30. The number of halogens is 3. The van der Waals surface area contributed by atoms with Gasteiger partial charge in [0.15, 0.2) is 17.4 Å². The van der Waals surface area contributed by atoms with E-state index < -0.39 is 23.1 Å². The van der Waals surface area contributed by atoms with Crippen molar-refractivity contribution in [2.45, 2.75) is 32.5 Å². The molecule has 9 heteroatoms.